The van der Waals surface area contributed by atoms with E-state index in [1.54, 1.807) is 4.90 Å². The Hall–Kier alpha value is -2.86. The van der Waals surface area contributed by atoms with Crippen molar-refractivity contribution in [3.63, 3.8) is 0 Å². The number of fused-ring (bicyclic) bond motifs is 1. The minimum Gasteiger partial charge on any atom is -0.481 e. The predicted octanol–water partition coefficient (Wildman–Crippen LogP) is 7.51. The van der Waals surface area contributed by atoms with Crippen LogP contribution in [0.5, 0.6) is 0 Å². The van der Waals surface area contributed by atoms with E-state index in [0.717, 1.165) is 22.9 Å². The molecule has 1 amide bonds. The number of ether oxygens (including phenoxy) is 1. The van der Waals surface area contributed by atoms with E-state index in [1.807, 2.05) is 44.2 Å². The Kier molecular flexibility index (Phi) is 10.6. The van der Waals surface area contributed by atoms with Crippen LogP contribution in [0.15, 0.2) is 77.3 Å². The minimum absolute atomic E-state index is 0.0589. The van der Waals surface area contributed by atoms with Gasteiger partial charge in [-0.2, -0.15) is 0 Å². The molecule has 5 nitrogen and oxygen atoms in total. The number of nitrogens with zero attached hydrogens (tertiary/aromatic N) is 1. The number of amides is 1. The molecule has 0 radical (unpaired) electrons. The summed E-state index contributed by atoms with van der Waals surface area (Å²) >= 11 is 3.41. The maximum atomic E-state index is 13.0. The molecule has 0 spiro atoms. The Balaban J connectivity index is 0.00000186. The lowest BCUT2D eigenvalue weighted by Crippen LogP contribution is -2.49. The Morgan fingerprint density at radius 3 is 2.38 bits per heavy atom. The molecule has 0 saturated carbocycles. The van der Waals surface area contributed by atoms with Gasteiger partial charge in [-0.05, 0) is 60.4 Å². The molecule has 2 aromatic rings. The largest absolute Gasteiger partial charge is 0.481 e. The summed E-state index contributed by atoms with van der Waals surface area (Å²) in [5.74, 6) is -0.571. The Labute approximate surface area is 229 Å². The standard InChI is InChI=1S/C29H32BrNO4.C2H6/c1-21-8-4-2-3-5-9-22-10-6-7-11-25(22)26(21)20-35-28(34)31-18-16-29(17-19-31,27(32)33)23-12-14-24(30)15-13-23;1-2/h3-8,10-15,21,26H,2,9,16-20H2,1H3,(H,32,33);1-2H3/b5-3-,8-4-;. The molecule has 198 valence electrons. The molecule has 0 aromatic heterocycles. The van der Waals surface area contributed by atoms with E-state index in [9.17, 15) is 14.7 Å². The molecule has 1 N–H and O–H groups in total. The van der Waals surface area contributed by atoms with E-state index >= 15 is 0 Å². The van der Waals surface area contributed by atoms with E-state index in [0.29, 0.717) is 32.5 Å². The molecular weight excluding hydrogens is 530 g/mol. The number of rotatable bonds is 4. The van der Waals surface area contributed by atoms with Crippen molar-refractivity contribution in [2.45, 2.75) is 57.8 Å². The summed E-state index contributed by atoms with van der Waals surface area (Å²) in [4.78, 5) is 26.9. The normalized spacial score (nSPS) is 22.4. The van der Waals surface area contributed by atoms with Crippen molar-refractivity contribution >= 4 is 28.0 Å². The van der Waals surface area contributed by atoms with Crippen LogP contribution in [-0.2, 0) is 21.4 Å². The van der Waals surface area contributed by atoms with Gasteiger partial charge in [-0.15, -0.1) is 0 Å². The smallest absolute Gasteiger partial charge is 0.409 e. The van der Waals surface area contributed by atoms with E-state index in [-0.39, 0.29) is 17.9 Å². The van der Waals surface area contributed by atoms with Gasteiger partial charge in [-0.3, -0.25) is 4.79 Å². The van der Waals surface area contributed by atoms with E-state index < -0.39 is 11.4 Å². The third-order valence-corrected chi connectivity index (χ3v) is 7.90. The molecule has 1 aliphatic heterocycles. The predicted molar refractivity (Wildman–Crippen MR) is 152 cm³/mol. The number of hydrogen-bond acceptors (Lipinski definition) is 3. The first-order valence-electron chi connectivity index (χ1n) is 13.2. The molecule has 4 rings (SSSR count). The van der Waals surface area contributed by atoms with Crippen LogP contribution < -0.4 is 0 Å². The van der Waals surface area contributed by atoms with Gasteiger partial charge in [0, 0.05) is 23.5 Å². The van der Waals surface area contributed by atoms with Crippen molar-refractivity contribution in [2.24, 2.45) is 5.92 Å². The average Bonchev–Trinajstić information content (AvgIpc) is 2.92. The molecule has 1 saturated heterocycles. The van der Waals surface area contributed by atoms with Gasteiger partial charge in [0.25, 0.3) is 0 Å². The quantitative estimate of drug-likeness (QED) is 0.388. The third-order valence-electron chi connectivity index (χ3n) is 7.37. The van der Waals surface area contributed by atoms with Crippen molar-refractivity contribution in [3.8, 4) is 0 Å². The summed E-state index contributed by atoms with van der Waals surface area (Å²) in [6.45, 7) is 7.15. The van der Waals surface area contributed by atoms with Crippen LogP contribution >= 0.6 is 15.9 Å². The first kappa shape index (κ1) is 28.7. The van der Waals surface area contributed by atoms with Crippen LogP contribution in [0.4, 0.5) is 4.79 Å². The molecule has 2 aromatic carbocycles. The number of halogens is 1. The summed E-state index contributed by atoms with van der Waals surface area (Å²) in [7, 11) is 0. The highest BCUT2D eigenvalue weighted by atomic mass is 79.9. The number of allylic oxidation sites excluding steroid dienone is 4. The van der Waals surface area contributed by atoms with Gasteiger partial charge < -0.3 is 14.7 Å². The number of hydrogen-bond donors (Lipinski definition) is 1. The van der Waals surface area contributed by atoms with Crippen LogP contribution in [0, 0.1) is 5.92 Å². The Morgan fingerprint density at radius 2 is 1.70 bits per heavy atom. The van der Waals surface area contributed by atoms with E-state index in [2.05, 4.69) is 65.4 Å². The fourth-order valence-corrected chi connectivity index (χ4v) is 5.40. The second kappa shape index (κ2) is 13.6. The van der Waals surface area contributed by atoms with Gasteiger partial charge >= 0.3 is 12.1 Å². The second-order valence-corrected chi connectivity index (χ2v) is 10.4. The van der Waals surface area contributed by atoms with Gasteiger partial charge in [-0.25, -0.2) is 4.79 Å². The Morgan fingerprint density at radius 1 is 1.03 bits per heavy atom. The lowest BCUT2D eigenvalue weighted by Gasteiger charge is -2.39. The maximum Gasteiger partial charge on any atom is 0.409 e. The van der Waals surface area contributed by atoms with Crippen LogP contribution in [0.1, 0.15) is 62.6 Å². The van der Waals surface area contributed by atoms with Crippen molar-refractivity contribution in [3.05, 3.63) is 94.0 Å². The molecule has 0 bridgehead atoms. The lowest BCUT2D eigenvalue weighted by atomic mass is 9.73. The van der Waals surface area contributed by atoms with Crippen molar-refractivity contribution < 1.29 is 19.4 Å². The lowest BCUT2D eigenvalue weighted by molar-refractivity contribution is -0.145. The zero-order chi connectivity index (χ0) is 26.8. The minimum atomic E-state index is -0.987. The first-order valence-corrected chi connectivity index (χ1v) is 14.0. The fraction of sp³-hybridized carbons (Fsp3) is 0.419. The zero-order valence-corrected chi connectivity index (χ0v) is 23.6. The SMILES string of the molecule is CC.CC1/C=C\C/C=C\Cc2ccccc2C1COC(=O)N1CCC(C(=O)O)(c2ccc(Br)cc2)CC1. The number of likely N-dealkylation sites (tertiary alicyclic amines) is 1. The van der Waals surface area contributed by atoms with E-state index in [1.165, 1.54) is 11.1 Å². The van der Waals surface area contributed by atoms with Gasteiger partial charge in [-0.1, -0.05) is 97.4 Å². The number of piperidine rings is 1. The summed E-state index contributed by atoms with van der Waals surface area (Å²) < 4.78 is 6.76. The first-order chi connectivity index (χ1) is 17.9. The van der Waals surface area contributed by atoms with Gasteiger partial charge in [0.15, 0.2) is 0 Å². The fourth-order valence-electron chi connectivity index (χ4n) is 5.14. The molecule has 2 unspecified atom stereocenters. The maximum absolute atomic E-state index is 13.0. The highest BCUT2D eigenvalue weighted by Gasteiger charge is 2.44. The molecule has 1 aliphatic carbocycles. The van der Waals surface area contributed by atoms with Gasteiger partial charge in [0.1, 0.15) is 6.61 Å². The number of carbonyl (C=O) groups is 2. The van der Waals surface area contributed by atoms with E-state index in [4.69, 9.17) is 4.74 Å². The number of carbonyl (C=O) groups excluding carboxylic acids is 1. The van der Waals surface area contributed by atoms with Gasteiger partial charge in [0.05, 0.1) is 5.41 Å². The van der Waals surface area contributed by atoms with Crippen molar-refractivity contribution in [1.82, 2.24) is 4.90 Å². The molecule has 1 heterocycles. The summed E-state index contributed by atoms with van der Waals surface area (Å²) in [5.41, 5.74) is 2.25. The highest BCUT2D eigenvalue weighted by molar-refractivity contribution is 9.10. The van der Waals surface area contributed by atoms with Gasteiger partial charge in [0.2, 0.25) is 0 Å². The molecule has 6 heteroatoms. The molecule has 2 aliphatic rings. The third kappa shape index (κ3) is 6.92. The number of aliphatic carboxylic acids is 1. The number of carboxylic acid groups (broad SMARTS) is 1. The highest BCUT2D eigenvalue weighted by Crippen LogP contribution is 2.37. The summed E-state index contributed by atoms with van der Waals surface area (Å²) in [6, 6.07) is 15.8. The topological polar surface area (TPSA) is 66.8 Å². The number of benzene rings is 2. The number of carboxylic acids is 1. The summed E-state index contributed by atoms with van der Waals surface area (Å²) in [6.07, 6.45) is 10.8. The van der Waals surface area contributed by atoms with Crippen LogP contribution in [-0.4, -0.2) is 41.8 Å². The van der Waals surface area contributed by atoms with Crippen LogP contribution in [0.2, 0.25) is 0 Å². The zero-order valence-electron chi connectivity index (χ0n) is 22.0. The average molecular weight is 569 g/mol. The molecule has 37 heavy (non-hydrogen) atoms. The molecule has 2 atom stereocenters. The molecule has 1 fully saturated rings. The van der Waals surface area contributed by atoms with Crippen molar-refractivity contribution in [1.29, 1.82) is 0 Å². The van der Waals surface area contributed by atoms with Crippen LogP contribution in [0.25, 0.3) is 0 Å². The monoisotopic (exact) mass is 567 g/mol. The summed E-state index contributed by atoms with van der Waals surface area (Å²) in [5, 5.41) is 10.1. The Bertz CT molecular complexity index is 1100. The van der Waals surface area contributed by atoms with Crippen molar-refractivity contribution in [2.75, 3.05) is 19.7 Å². The second-order valence-electron chi connectivity index (χ2n) is 9.46. The van der Waals surface area contributed by atoms with Crippen LogP contribution in [0.3, 0.4) is 0 Å². The molecular formula is C31H38BrNO4.